The van der Waals surface area contributed by atoms with Crippen molar-refractivity contribution >= 4 is 17.8 Å². The van der Waals surface area contributed by atoms with Gasteiger partial charge in [0.25, 0.3) is 5.91 Å². The van der Waals surface area contributed by atoms with Crippen molar-refractivity contribution in [3.05, 3.63) is 29.8 Å². The fraction of sp³-hybridized carbons (Fsp3) is 0.526. The molecule has 1 spiro atoms. The van der Waals surface area contributed by atoms with Crippen molar-refractivity contribution in [3.63, 3.8) is 0 Å². The molecule has 1 aliphatic carbocycles. The molecule has 4 amide bonds. The van der Waals surface area contributed by atoms with Gasteiger partial charge in [0.1, 0.15) is 17.8 Å². The molecular formula is C19H25N3O4. The van der Waals surface area contributed by atoms with Crippen LogP contribution in [0.25, 0.3) is 0 Å². The van der Waals surface area contributed by atoms with Gasteiger partial charge in [-0.1, -0.05) is 37.8 Å². The molecule has 7 heteroatoms. The van der Waals surface area contributed by atoms with Crippen LogP contribution in [0.1, 0.15) is 44.1 Å². The van der Waals surface area contributed by atoms with Gasteiger partial charge in [-0.25, -0.2) is 4.79 Å². The number of nitrogens with zero attached hydrogens (tertiary/aromatic N) is 1. The predicted molar refractivity (Wildman–Crippen MR) is 95.5 cm³/mol. The molecule has 1 aromatic carbocycles. The molecule has 2 aliphatic rings. The smallest absolute Gasteiger partial charge is 0.325 e. The van der Waals surface area contributed by atoms with E-state index in [9.17, 15) is 14.4 Å². The number of nitrogens with one attached hydrogen (secondary N) is 2. The molecule has 2 N–H and O–H groups in total. The second kappa shape index (κ2) is 7.76. The van der Waals surface area contributed by atoms with Gasteiger partial charge in [0.2, 0.25) is 5.91 Å². The third-order valence-corrected chi connectivity index (χ3v) is 5.13. The molecule has 0 unspecified atom stereocenters. The van der Waals surface area contributed by atoms with Crippen molar-refractivity contribution in [1.82, 2.24) is 15.5 Å². The number of hydrogen-bond donors (Lipinski definition) is 2. The summed E-state index contributed by atoms with van der Waals surface area (Å²) in [6, 6.07) is 6.90. The Morgan fingerprint density at radius 1 is 1.23 bits per heavy atom. The summed E-state index contributed by atoms with van der Waals surface area (Å²) in [4.78, 5) is 38.3. The largest absolute Gasteiger partial charge is 0.497 e. The second-order valence-corrected chi connectivity index (χ2v) is 6.95. The van der Waals surface area contributed by atoms with E-state index in [1.807, 2.05) is 24.3 Å². The zero-order valence-corrected chi connectivity index (χ0v) is 15.0. The number of urea groups is 1. The molecule has 0 bridgehead atoms. The molecule has 1 saturated heterocycles. The minimum absolute atomic E-state index is 0.254. The summed E-state index contributed by atoms with van der Waals surface area (Å²) in [6.45, 7) is 0.0568. The lowest BCUT2D eigenvalue weighted by Crippen LogP contribution is -2.47. The highest BCUT2D eigenvalue weighted by atomic mass is 16.5. The van der Waals surface area contributed by atoms with E-state index >= 15 is 0 Å². The summed E-state index contributed by atoms with van der Waals surface area (Å²) >= 11 is 0. The first-order valence-electron chi connectivity index (χ1n) is 9.08. The van der Waals surface area contributed by atoms with Crippen LogP contribution in [0.15, 0.2) is 24.3 Å². The molecule has 0 atom stereocenters. The lowest BCUT2D eigenvalue weighted by Gasteiger charge is -2.24. The van der Waals surface area contributed by atoms with Crippen molar-refractivity contribution in [1.29, 1.82) is 0 Å². The minimum Gasteiger partial charge on any atom is -0.497 e. The van der Waals surface area contributed by atoms with Crippen molar-refractivity contribution in [3.8, 4) is 5.75 Å². The van der Waals surface area contributed by atoms with Gasteiger partial charge in [0.05, 0.1) is 7.11 Å². The van der Waals surface area contributed by atoms with Crippen LogP contribution in [0.3, 0.4) is 0 Å². The Kier molecular flexibility index (Phi) is 5.44. The van der Waals surface area contributed by atoms with Gasteiger partial charge >= 0.3 is 6.03 Å². The van der Waals surface area contributed by atoms with Gasteiger partial charge in [-0.05, 0) is 30.5 Å². The van der Waals surface area contributed by atoms with E-state index in [0.29, 0.717) is 25.1 Å². The Hall–Kier alpha value is -2.57. The summed E-state index contributed by atoms with van der Waals surface area (Å²) in [6.07, 6.45) is 5.29. The molecule has 1 aromatic rings. The maximum atomic E-state index is 12.8. The predicted octanol–water partition coefficient (Wildman–Crippen LogP) is 1.96. The lowest BCUT2D eigenvalue weighted by molar-refractivity contribution is -0.135. The monoisotopic (exact) mass is 359 g/mol. The Bertz CT molecular complexity index is 696. The zero-order chi connectivity index (χ0) is 18.6. The molecule has 1 aliphatic heterocycles. The molecule has 3 rings (SSSR count). The molecule has 26 heavy (non-hydrogen) atoms. The van der Waals surface area contributed by atoms with Crippen LogP contribution in [-0.2, 0) is 16.1 Å². The van der Waals surface area contributed by atoms with E-state index in [2.05, 4.69) is 10.6 Å². The van der Waals surface area contributed by atoms with Gasteiger partial charge in [-0.2, -0.15) is 0 Å². The van der Waals surface area contributed by atoms with Crippen LogP contribution in [0, 0.1) is 0 Å². The average molecular weight is 359 g/mol. The molecule has 7 nitrogen and oxygen atoms in total. The third-order valence-electron chi connectivity index (χ3n) is 5.13. The van der Waals surface area contributed by atoms with E-state index < -0.39 is 11.6 Å². The number of carbonyl (C=O) groups excluding carboxylic acids is 3. The summed E-state index contributed by atoms with van der Waals surface area (Å²) in [5.41, 5.74) is 0.0795. The molecule has 1 saturated carbocycles. The molecule has 1 heterocycles. The SMILES string of the molecule is COc1cccc(CNC(=O)CN2C(=O)NC3(CCCCCC3)C2=O)c1. The Balaban J connectivity index is 1.58. The number of benzene rings is 1. The first-order valence-corrected chi connectivity index (χ1v) is 9.08. The molecule has 2 fully saturated rings. The van der Waals surface area contributed by atoms with E-state index in [-0.39, 0.29) is 18.4 Å². The summed E-state index contributed by atoms with van der Waals surface area (Å²) in [5.74, 6) is 0.0871. The van der Waals surface area contributed by atoms with E-state index in [1.54, 1.807) is 7.11 Å². The third kappa shape index (κ3) is 3.81. The van der Waals surface area contributed by atoms with Crippen molar-refractivity contribution in [2.24, 2.45) is 0 Å². The standard InChI is InChI=1S/C19H25N3O4/c1-26-15-8-6-7-14(11-15)12-20-16(23)13-22-17(24)19(21-18(22)25)9-4-2-3-5-10-19/h6-8,11H,2-5,9-10,12-13H2,1H3,(H,20,23)(H,21,25). The highest BCUT2D eigenvalue weighted by molar-refractivity contribution is 6.09. The Labute approximate surface area is 153 Å². The minimum atomic E-state index is -0.805. The maximum Gasteiger partial charge on any atom is 0.325 e. The van der Waals surface area contributed by atoms with Gasteiger partial charge in [-0.3, -0.25) is 14.5 Å². The van der Waals surface area contributed by atoms with E-state index in [1.165, 1.54) is 0 Å². The van der Waals surface area contributed by atoms with Gasteiger partial charge in [0, 0.05) is 6.54 Å². The number of amides is 4. The summed E-state index contributed by atoms with van der Waals surface area (Å²) in [5, 5.41) is 5.60. The van der Waals surface area contributed by atoms with Crippen molar-refractivity contribution in [2.75, 3.05) is 13.7 Å². The average Bonchev–Trinajstić information content (AvgIpc) is 2.82. The number of methoxy groups -OCH3 is 1. The van der Waals surface area contributed by atoms with Gasteiger partial charge in [-0.15, -0.1) is 0 Å². The lowest BCUT2D eigenvalue weighted by atomic mass is 9.90. The van der Waals surface area contributed by atoms with Crippen molar-refractivity contribution in [2.45, 2.75) is 50.6 Å². The number of hydrogen-bond acceptors (Lipinski definition) is 4. The fourth-order valence-corrected chi connectivity index (χ4v) is 3.67. The normalized spacial score (nSPS) is 19.2. The number of rotatable bonds is 5. The van der Waals surface area contributed by atoms with Crippen LogP contribution in [0.4, 0.5) is 4.79 Å². The Morgan fingerprint density at radius 3 is 2.65 bits per heavy atom. The van der Waals surface area contributed by atoms with Crippen LogP contribution >= 0.6 is 0 Å². The second-order valence-electron chi connectivity index (χ2n) is 6.95. The first kappa shape index (κ1) is 18.2. The summed E-state index contributed by atoms with van der Waals surface area (Å²) in [7, 11) is 1.58. The van der Waals surface area contributed by atoms with Crippen LogP contribution < -0.4 is 15.4 Å². The van der Waals surface area contributed by atoms with Gasteiger partial charge in [0.15, 0.2) is 0 Å². The number of carbonyl (C=O) groups is 3. The highest BCUT2D eigenvalue weighted by Gasteiger charge is 2.51. The molecule has 140 valence electrons. The van der Waals surface area contributed by atoms with Gasteiger partial charge < -0.3 is 15.4 Å². The Morgan fingerprint density at radius 2 is 1.96 bits per heavy atom. The van der Waals surface area contributed by atoms with Crippen LogP contribution in [-0.4, -0.2) is 41.9 Å². The zero-order valence-electron chi connectivity index (χ0n) is 15.0. The highest BCUT2D eigenvalue weighted by Crippen LogP contribution is 2.32. The van der Waals surface area contributed by atoms with E-state index in [4.69, 9.17) is 4.74 Å². The molecule has 0 aromatic heterocycles. The maximum absolute atomic E-state index is 12.8. The quantitative estimate of drug-likeness (QED) is 0.787. The number of imide groups is 1. The van der Waals surface area contributed by atoms with Crippen LogP contribution in [0.2, 0.25) is 0 Å². The molecule has 0 radical (unpaired) electrons. The fourth-order valence-electron chi connectivity index (χ4n) is 3.67. The van der Waals surface area contributed by atoms with E-state index in [0.717, 1.165) is 36.1 Å². The topological polar surface area (TPSA) is 87.7 Å². The molecular weight excluding hydrogens is 334 g/mol. The number of ether oxygens (including phenoxy) is 1. The summed E-state index contributed by atoms with van der Waals surface area (Å²) < 4.78 is 5.15. The first-order chi connectivity index (χ1) is 12.5. The van der Waals surface area contributed by atoms with Crippen LogP contribution in [0.5, 0.6) is 5.75 Å². The van der Waals surface area contributed by atoms with Crippen molar-refractivity contribution < 1.29 is 19.1 Å².